The minimum atomic E-state index is -3.99. The summed E-state index contributed by atoms with van der Waals surface area (Å²) in [6.45, 7) is 1.70. The maximum atomic E-state index is 12.5. The zero-order chi connectivity index (χ0) is 16.9. The number of aryl methyl sites for hydroxylation is 1. The molecule has 2 aromatic carbocycles. The van der Waals surface area contributed by atoms with Crippen LogP contribution in [0.15, 0.2) is 53.4 Å². The van der Waals surface area contributed by atoms with Crippen molar-refractivity contribution in [1.82, 2.24) is 0 Å². The third-order valence-electron chi connectivity index (χ3n) is 3.13. The van der Waals surface area contributed by atoms with Crippen molar-refractivity contribution in [3.63, 3.8) is 0 Å². The topological polar surface area (TPSA) is 72.8 Å². The second-order valence-corrected chi connectivity index (χ2v) is 6.36. The summed E-state index contributed by atoms with van der Waals surface area (Å²) in [5, 5.41) is 8.90. The summed E-state index contributed by atoms with van der Waals surface area (Å²) in [5.74, 6) is 0.376. The Morgan fingerprint density at radius 2 is 1.83 bits per heavy atom. The van der Waals surface area contributed by atoms with E-state index in [1.54, 1.807) is 36.4 Å². The van der Waals surface area contributed by atoms with E-state index in [-0.39, 0.29) is 17.3 Å². The minimum absolute atomic E-state index is 0.0612. The van der Waals surface area contributed by atoms with Crippen LogP contribution in [0, 0.1) is 6.92 Å². The van der Waals surface area contributed by atoms with E-state index in [2.05, 4.69) is 0 Å². The summed E-state index contributed by atoms with van der Waals surface area (Å²) in [7, 11) is -2.56. The van der Waals surface area contributed by atoms with Crippen molar-refractivity contribution < 1.29 is 22.4 Å². The van der Waals surface area contributed by atoms with E-state index < -0.39 is 10.1 Å². The Hall–Kier alpha value is -2.31. The number of hydrogen-bond donors (Lipinski definition) is 1. The van der Waals surface area contributed by atoms with E-state index in [4.69, 9.17) is 14.0 Å². The number of rotatable bonds is 6. The van der Waals surface area contributed by atoms with Crippen molar-refractivity contribution in [3.8, 4) is 11.5 Å². The fourth-order valence-electron chi connectivity index (χ4n) is 1.96. The zero-order valence-corrected chi connectivity index (χ0v) is 13.7. The molecule has 0 aliphatic heterocycles. The van der Waals surface area contributed by atoms with Gasteiger partial charge in [0, 0.05) is 5.56 Å². The van der Waals surface area contributed by atoms with Crippen LogP contribution in [0.2, 0.25) is 0 Å². The van der Waals surface area contributed by atoms with Crippen LogP contribution >= 0.6 is 0 Å². The molecule has 0 spiro atoms. The second-order valence-electron chi connectivity index (χ2n) is 4.81. The van der Waals surface area contributed by atoms with Crippen molar-refractivity contribution in [1.29, 1.82) is 0 Å². The third-order valence-corrected chi connectivity index (χ3v) is 4.37. The van der Waals surface area contributed by atoms with Gasteiger partial charge in [0.25, 0.3) is 0 Å². The molecule has 0 fully saturated rings. The Morgan fingerprint density at radius 1 is 1.13 bits per heavy atom. The molecule has 122 valence electrons. The van der Waals surface area contributed by atoms with E-state index in [1.165, 1.54) is 25.3 Å². The minimum Gasteiger partial charge on any atom is -0.493 e. The van der Waals surface area contributed by atoms with Crippen molar-refractivity contribution in [2.75, 3.05) is 13.7 Å². The number of ether oxygens (including phenoxy) is 1. The van der Waals surface area contributed by atoms with Crippen LogP contribution in [0.4, 0.5) is 0 Å². The summed E-state index contributed by atoms with van der Waals surface area (Å²) in [5.41, 5.74) is 1.45. The number of para-hydroxylation sites is 1. The molecule has 0 unspecified atom stereocenters. The molecule has 0 saturated carbocycles. The predicted molar refractivity (Wildman–Crippen MR) is 88.1 cm³/mol. The van der Waals surface area contributed by atoms with Gasteiger partial charge in [-0.25, -0.2) is 0 Å². The van der Waals surface area contributed by atoms with E-state index in [0.29, 0.717) is 11.3 Å². The molecule has 0 saturated heterocycles. The third kappa shape index (κ3) is 4.12. The van der Waals surface area contributed by atoms with Crippen molar-refractivity contribution in [3.05, 3.63) is 59.7 Å². The number of aliphatic hydroxyl groups is 1. The molecule has 0 aliphatic rings. The van der Waals surface area contributed by atoms with Gasteiger partial charge in [0.15, 0.2) is 11.5 Å². The van der Waals surface area contributed by atoms with Crippen LogP contribution in [0.5, 0.6) is 11.5 Å². The van der Waals surface area contributed by atoms with Gasteiger partial charge in [-0.3, -0.25) is 0 Å². The van der Waals surface area contributed by atoms with Crippen LogP contribution in [0.1, 0.15) is 11.1 Å². The summed E-state index contributed by atoms with van der Waals surface area (Å²) in [6.07, 6.45) is 3.06. The van der Waals surface area contributed by atoms with Crippen LogP contribution in [-0.4, -0.2) is 27.2 Å². The van der Waals surface area contributed by atoms with Gasteiger partial charge in [0.2, 0.25) is 0 Å². The summed E-state index contributed by atoms with van der Waals surface area (Å²) in [4.78, 5) is 0.0612. The first-order valence-electron chi connectivity index (χ1n) is 6.93. The van der Waals surface area contributed by atoms with Gasteiger partial charge in [0.1, 0.15) is 4.90 Å². The molecular weight excluding hydrogens is 316 g/mol. The first kappa shape index (κ1) is 17.1. The normalized spacial score (nSPS) is 11.6. The lowest BCUT2D eigenvalue weighted by Gasteiger charge is -2.13. The van der Waals surface area contributed by atoms with Crippen molar-refractivity contribution >= 4 is 16.2 Å². The maximum Gasteiger partial charge on any atom is 0.339 e. The van der Waals surface area contributed by atoms with Crippen LogP contribution in [-0.2, 0) is 10.1 Å². The molecule has 0 heterocycles. The fourth-order valence-corrected chi connectivity index (χ4v) is 2.92. The Labute approximate surface area is 135 Å². The molecule has 1 N–H and O–H groups in total. The summed E-state index contributed by atoms with van der Waals surface area (Å²) in [6, 6.07) is 11.4. The number of aliphatic hydroxyl groups excluding tert-OH is 1. The predicted octanol–water partition coefficient (Wildman–Crippen LogP) is 2.78. The average molecular weight is 334 g/mol. The lowest BCUT2D eigenvalue weighted by Crippen LogP contribution is -2.11. The Bertz CT molecular complexity index is 792. The first-order chi connectivity index (χ1) is 11.0. The highest BCUT2D eigenvalue weighted by molar-refractivity contribution is 7.87. The van der Waals surface area contributed by atoms with E-state index in [9.17, 15) is 8.42 Å². The lowest BCUT2D eigenvalue weighted by atomic mass is 10.2. The summed E-state index contributed by atoms with van der Waals surface area (Å²) < 4.78 is 35.4. The molecule has 6 heteroatoms. The number of benzene rings is 2. The van der Waals surface area contributed by atoms with Crippen LogP contribution < -0.4 is 8.92 Å². The largest absolute Gasteiger partial charge is 0.493 e. The molecule has 2 rings (SSSR count). The zero-order valence-electron chi connectivity index (χ0n) is 12.9. The Kier molecular flexibility index (Phi) is 5.41. The summed E-state index contributed by atoms with van der Waals surface area (Å²) >= 11 is 0. The molecule has 0 atom stereocenters. The SMILES string of the molecule is COc1cccc(C=CCO)c1OS(=O)(=O)c1ccc(C)cc1. The van der Waals surface area contributed by atoms with Gasteiger partial charge in [-0.05, 0) is 25.1 Å². The molecule has 2 aromatic rings. The highest BCUT2D eigenvalue weighted by atomic mass is 32.2. The highest BCUT2D eigenvalue weighted by Crippen LogP contribution is 2.34. The Balaban J connectivity index is 2.45. The number of methoxy groups -OCH3 is 1. The van der Waals surface area contributed by atoms with Crippen molar-refractivity contribution in [2.24, 2.45) is 0 Å². The molecule has 0 radical (unpaired) electrons. The molecule has 0 amide bonds. The molecule has 0 aromatic heterocycles. The quantitative estimate of drug-likeness (QED) is 0.822. The highest BCUT2D eigenvalue weighted by Gasteiger charge is 2.20. The maximum absolute atomic E-state index is 12.5. The first-order valence-corrected chi connectivity index (χ1v) is 8.34. The monoisotopic (exact) mass is 334 g/mol. The van der Waals surface area contributed by atoms with Gasteiger partial charge >= 0.3 is 10.1 Å². The molecule has 5 nitrogen and oxygen atoms in total. The molecule has 23 heavy (non-hydrogen) atoms. The van der Waals surface area contributed by atoms with E-state index in [0.717, 1.165) is 5.56 Å². The van der Waals surface area contributed by atoms with Gasteiger partial charge < -0.3 is 14.0 Å². The average Bonchev–Trinajstić information content (AvgIpc) is 2.54. The number of hydrogen-bond acceptors (Lipinski definition) is 5. The van der Waals surface area contributed by atoms with E-state index >= 15 is 0 Å². The van der Waals surface area contributed by atoms with Gasteiger partial charge in [-0.1, -0.05) is 42.0 Å². The van der Waals surface area contributed by atoms with Crippen LogP contribution in [0.3, 0.4) is 0 Å². The van der Waals surface area contributed by atoms with E-state index in [1.807, 2.05) is 6.92 Å². The molecular formula is C17H18O5S. The van der Waals surface area contributed by atoms with Gasteiger partial charge in [0.05, 0.1) is 13.7 Å². The Morgan fingerprint density at radius 3 is 2.43 bits per heavy atom. The van der Waals surface area contributed by atoms with Crippen molar-refractivity contribution in [2.45, 2.75) is 11.8 Å². The standard InChI is InChI=1S/C17H18O5S/c1-13-8-10-15(11-9-13)23(19,20)22-17-14(6-4-12-18)5-3-7-16(17)21-2/h3-11,18H,12H2,1-2H3. The van der Waals surface area contributed by atoms with Gasteiger partial charge in [-0.2, -0.15) is 8.42 Å². The van der Waals surface area contributed by atoms with Crippen LogP contribution in [0.25, 0.3) is 6.08 Å². The van der Waals surface area contributed by atoms with Gasteiger partial charge in [-0.15, -0.1) is 0 Å². The molecule has 0 bridgehead atoms. The fraction of sp³-hybridized carbons (Fsp3) is 0.176. The lowest BCUT2D eigenvalue weighted by molar-refractivity contribution is 0.343. The second kappa shape index (κ2) is 7.30. The smallest absolute Gasteiger partial charge is 0.339 e. The molecule has 0 aliphatic carbocycles.